The Bertz CT molecular complexity index is 371. The molecule has 0 radical (unpaired) electrons. The van der Waals surface area contributed by atoms with Gasteiger partial charge in [0.25, 0.3) is 0 Å². The van der Waals surface area contributed by atoms with Gasteiger partial charge in [0.05, 0.1) is 18.7 Å². The number of benzene rings is 1. The Hall–Kier alpha value is -1.10. The molecule has 4 nitrogen and oxygen atoms in total. The van der Waals surface area contributed by atoms with Crippen LogP contribution in [0.1, 0.15) is 25.5 Å². The molecule has 19 heavy (non-hydrogen) atoms. The SMILES string of the molecule is COC[C@@H](NC(=O)[C@@H](N)C(C)C)c1ccccc1.Cl. The van der Waals surface area contributed by atoms with Crippen LogP contribution in [0, 0.1) is 5.92 Å². The van der Waals surface area contributed by atoms with Crippen LogP contribution in [0.4, 0.5) is 0 Å². The lowest BCUT2D eigenvalue weighted by Gasteiger charge is -2.22. The number of carbonyl (C=O) groups excluding carboxylic acids is 1. The number of hydrogen-bond donors (Lipinski definition) is 2. The van der Waals surface area contributed by atoms with Crippen molar-refractivity contribution >= 4 is 18.3 Å². The predicted octanol–water partition coefficient (Wildman–Crippen LogP) is 1.90. The van der Waals surface area contributed by atoms with Crippen molar-refractivity contribution in [1.82, 2.24) is 5.32 Å². The fraction of sp³-hybridized carbons (Fsp3) is 0.500. The minimum atomic E-state index is -0.493. The molecule has 0 aliphatic heterocycles. The number of methoxy groups -OCH3 is 1. The highest BCUT2D eigenvalue weighted by molar-refractivity contribution is 5.85. The summed E-state index contributed by atoms with van der Waals surface area (Å²) >= 11 is 0. The summed E-state index contributed by atoms with van der Waals surface area (Å²) < 4.78 is 5.14. The molecule has 0 bridgehead atoms. The van der Waals surface area contributed by atoms with Gasteiger partial charge in [-0.25, -0.2) is 0 Å². The normalized spacial score (nSPS) is 13.5. The smallest absolute Gasteiger partial charge is 0.237 e. The molecule has 1 aromatic rings. The molecule has 1 aromatic carbocycles. The lowest BCUT2D eigenvalue weighted by Crippen LogP contribution is -2.46. The Kier molecular flexibility index (Phi) is 8.39. The average molecular weight is 287 g/mol. The van der Waals surface area contributed by atoms with Gasteiger partial charge in [-0.1, -0.05) is 44.2 Å². The number of hydrogen-bond acceptors (Lipinski definition) is 3. The van der Waals surface area contributed by atoms with Crippen LogP contribution in [-0.2, 0) is 9.53 Å². The van der Waals surface area contributed by atoms with Crippen molar-refractivity contribution in [1.29, 1.82) is 0 Å². The zero-order valence-corrected chi connectivity index (χ0v) is 12.4. The van der Waals surface area contributed by atoms with E-state index in [-0.39, 0.29) is 30.3 Å². The first-order valence-corrected chi connectivity index (χ1v) is 6.16. The number of nitrogens with one attached hydrogen (secondary N) is 1. The first-order valence-electron chi connectivity index (χ1n) is 6.16. The molecule has 0 fully saturated rings. The molecule has 1 amide bonds. The molecule has 2 atom stereocenters. The fourth-order valence-corrected chi connectivity index (χ4v) is 1.64. The van der Waals surface area contributed by atoms with E-state index in [4.69, 9.17) is 10.5 Å². The van der Waals surface area contributed by atoms with Gasteiger partial charge in [0.1, 0.15) is 0 Å². The molecule has 0 aromatic heterocycles. The van der Waals surface area contributed by atoms with Gasteiger partial charge in [0.2, 0.25) is 5.91 Å². The third kappa shape index (κ3) is 5.59. The summed E-state index contributed by atoms with van der Waals surface area (Å²) in [5.41, 5.74) is 6.85. The van der Waals surface area contributed by atoms with Crippen molar-refractivity contribution in [3.8, 4) is 0 Å². The zero-order valence-electron chi connectivity index (χ0n) is 11.6. The molecule has 0 unspecified atom stereocenters. The largest absolute Gasteiger partial charge is 0.382 e. The van der Waals surface area contributed by atoms with Crippen LogP contribution in [0.25, 0.3) is 0 Å². The molecular formula is C14H23ClN2O2. The Morgan fingerprint density at radius 3 is 2.37 bits per heavy atom. The Balaban J connectivity index is 0.00000324. The van der Waals surface area contributed by atoms with Crippen LogP contribution in [0.15, 0.2) is 30.3 Å². The number of rotatable bonds is 6. The minimum Gasteiger partial charge on any atom is -0.382 e. The highest BCUT2D eigenvalue weighted by atomic mass is 35.5. The second-order valence-corrected chi connectivity index (χ2v) is 4.70. The first kappa shape index (κ1) is 17.9. The summed E-state index contributed by atoms with van der Waals surface area (Å²) in [6, 6.07) is 9.09. The van der Waals surface area contributed by atoms with Gasteiger partial charge in [0, 0.05) is 7.11 Å². The van der Waals surface area contributed by atoms with Crippen molar-refractivity contribution in [2.24, 2.45) is 11.7 Å². The molecule has 108 valence electrons. The molecule has 0 aliphatic carbocycles. The highest BCUT2D eigenvalue weighted by Gasteiger charge is 2.21. The van der Waals surface area contributed by atoms with Gasteiger partial charge < -0.3 is 15.8 Å². The van der Waals surface area contributed by atoms with Gasteiger partial charge in [-0.05, 0) is 11.5 Å². The zero-order chi connectivity index (χ0) is 13.5. The molecule has 0 spiro atoms. The van der Waals surface area contributed by atoms with E-state index in [1.807, 2.05) is 44.2 Å². The maximum atomic E-state index is 12.0. The van der Waals surface area contributed by atoms with Crippen LogP contribution < -0.4 is 11.1 Å². The van der Waals surface area contributed by atoms with Gasteiger partial charge in [-0.3, -0.25) is 4.79 Å². The van der Waals surface area contributed by atoms with Crippen molar-refractivity contribution in [3.05, 3.63) is 35.9 Å². The van der Waals surface area contributed by atoms with Gasteiger partial charge >= 0.3 is 0 Å². The quantitative estimate of drug-likeness (QED) is 0.839. The second kappa shape index (κ2) is 8.91. The van der Waals surface area contributed by atoms with Crippen LogP contribution >= 0.6 is 12.4 Å². The number of nitrogens with two attached hydrogens (primary N) is 1. The third-order valence-corrected chi connectivity index (χ3v) is 2.87. The number of halogens is 1. The summed E-state index contributed by atoms with van der Waals surface area (Å²) in [6.45, 7) is 4.29. The van der Waals surface area contributed by atoms with E-state index >= 15 is 0 Å². The van der Waals surface area contributed by atoms with Crippen LogP contribution in [-0.4, -0.2) is 25.7 Å². The number of ether oxygens (including phenoxy) is 1. The van der Waals surface area contributed by atoms with Crippen LogP contribution in [0.2, 0.25) is 0 Å². The summed E-state index contributed by atoms with van der Waals surface area (Å²) in [5.74, 6) is -0.0279. The lowest BCUT2D eigenvalue weighted by molar-refractivity contribution is -0.124. The van der Waals surface area contributed by atoms with Crippen molar-refractivity contribution in [2.45, 2.75) is 25.9 Å². The Morgan fingerprint density at radius 1 is 1.32 bits per heavy atom. The van der Waals surface area contributed by atoms with E-state index in [1.54, 1.807) is 7.11 Å². The monoisotopic (exact) mass is 286 g/mol. The molecule has 0 saturated carbocycles. The van der Waals surface area contributed by atoms with E-state index in [0.717, 1.165) is 5.56 Å². The van der Waals surface area contributed by atoms with E-state index in [2.05, 4.69) is 5.32 Å². The molecule has 0 saturated heterocycles. The molecule has 3 N–H and O–H groups in total. The third-order valence-electron chi connectivity index (χ3n) is 2.87. The maximum absolute atomic E-state index is 12.0. The van der Waals surface area contributed by atoms with E-state index < -0.39 is 6.04 Å². The molecule has 1 rings (SSSR count). The van der Waals surface area contributed by atoms with E-state index in [9.17, 15) is 4.79 Å². The van der Waals surface area contributed by atoms with Crippen LogP contribution in [0.3, 0.4) is 0 Å². The summed E-state index contributed by atoms with van der Waals surface area (Å²) in [6.07, 6.45) is 0. The standard InChI is InChI=1S/C14H22N2O2.ClH/c1-10(2)13(15)14(17)16-12(9-18-3)11-7-5-4-6-8-11;/h4-8,10,12-13H,9,15H2,1-3H3,(H,16,17);1H/t12-,13+;/m1./s1. The second-order valence-electron chi connectivity index (χ2n) is 4.70. The Morgan fingerprint density at radius 2 is 1.89 bits per heavy atom. The van der Waals surface area contributed by atoms with E-state index in [0.29, 0.717) is 6.61 Å². The summed E-state index contributed by atoms with van der Waals surface area (Å²) in [4.78, 5) is 12.0. The highest BCUT2D eigenvalue weighted by Crippen LogP contribution is 2.13. The molecule has 0 heterocycles. The molecule has 0 aliphatic rings. The van der Waals surface area contributed by atoms with E-state index in [1.165, 1.54) is 0 Å². The van der Waals surface area contributed by atoms with Gasteiger partial charge in [-0.2, -0.15) is 0 Å². The summed E-state index contributed by atoms with van der Waals surface area (Å²) in [5, 5.41) is 2.93. The summed E-state index contributed by atoms with van der Waals surface area (Å²) in [7, 11) is 1.62. The topological polar surface area (TPSA) is 64.3 Å². The van der Waals surface area contributed by atoms with Crippen LogP contribution in [0.5, 0.6) is 0 Å². The molecular weight excluding hydrogens is 264 g/mol. The fourth-order valence-electron chi connectivity index (χ4n) is 1.64. The predicted molar refractivity (Wildman–Crippen MR) is 79.3 cm³/mol. The first-order chi connectivity index (χ1) is 8.56. The number of carbonyl (C=O) groups is 1. The van der Waals surface area contributed by atoms with Crippen molar-refractivity contribution in [3.63, 3.8) is 0 Å². The van der Waals surface area contributed by atoms with Gasteiger partial charge in [0.15, 0.2) is 0 Å². The Labute approximate surface area is 121 Å². The maximum Gasteiger partial charge on any atom is 0.237 e. The minimum absolute atomic E-state index is 0. The molecule has 5 heteroatoms. The van der Waals surface area contributed by atoms with Crippen molar-refractivity contribution in [2.75, 3.05) is 13.7 Å². The average Bonchev–Trinajstić information content (AvgIpc) is 2.38. The number of amides is 1. The van der Waals surface area contributed by atoms with Gasteiger partial charge in [-0.15, -0.1) is 12.4 Å². The van der Waals surface area contributed by atoms with Crippen molar-refractivity contribution < 1.29 is 9.53 Å². The lowest BCUT2D eigenvalue weighted by atomic mass is 10.0.